The van der Waals surface area contributed by atoms with E-state index >= 15 is 0 Å². The molecule has 1 heterocycles. The summed E-state index contributed by atoms with van der Waals surface area (Å²) in [4.78, 5) is 2.55. The fourth-order valence-electron chi connectivity index (χ4n) is 2.63. The first-order chi connectivity index (χ1) is 10.4. The second-order valence-corrected chi connectivity index (χ2v) is 7.04. The largest absolute Gasteiger partial charge is 0.487 e. The van der Waals surface area contributed by atoms with Crippen molar-refractivity contribution in [3.63, 3.8) is 0 Å². The predicted molar refractivity (Wildman–Crippen MR) is 97.2 cm³/mol. The van der Waals surface area contributed by atoms with Gasteiger partial charge in [0.25, 0.3) is 0 Å². The molecule has 0 radical (unpaired) electrons. The molecule has 0 bridgehead atoms. The number of hydrogen-bond donors (Lipinski definition) is 0. The summed E-state index contributed by atoms with van der Waals surface area (Å²) in [7, 11) is 0. The molecule has 1 saturated heterocycles. The molecular weight excluding hydrogens is 294 g/mol. The van der Waals surface area contributed by atoms with E-state index in [1.807, 2.05) is 46.8 Å². The molecule has 0 unspecified atom stereocenters. The molecule has 126 valence electrons. The lowest BCUT2D eigenvalue weighted by molar-refractivity contribution is 0.131. The molecule has 1 aromatic rings. The molecule has 1 aromatic carbocycles. The minimum Gasteiger partial charge on any atom is -0.487 e. The Morgan fingerprint density at radius 2 is 1.77 bits per heavy atom. The van der Waals surface area contributed by atoms with Crippen molar-refractivity contribution in [2.75, 3.05) is 19.6 Å². The molecule has 2 nitrogen and oxygen atoms in total. The van der Waals surface area contributed by atoms with E-state index in [2.05, 4.69) is 11.0 Å². The van der Waals surface area contributed by atoms with E-state index in [9.17, 15) is 0 Å². The van der Waals surface area contributed by atoms with Crippen LogP contribution in [-0.4, -0.2) is 30.1 Å². The van der Waals surface area contributed by atoms with Crippen LogP contribution < -0.4 is 4.74 Å². The molecule has 0 aromatic heterocycles. The fraction of sp³-hybridized carbons (Fsp3) is 0.684. The second-order valence-electron chi connectivity index (χ2n) is 6.63. The van der Waals surface area contributed by atoms with Crippen molar-refractivity contribution in [1.29, 1.82) is 0 Å². The lowest BCUT2D eigenvalue weighted by Gasteiger charge is -2.22. The summed E-state index contributed by atoms with van der Waals surface area (Å²) in [5.74, 6) is 0.780. The number of halogens is 1. The quantitative estimate of drug-likeness (QED) is 0.701. The molecule has 0 saturated carbocycles. The van der Waals surface area contributed by atoms with Crippen molar-refractivity contribution in [2.45, 2.75) is 65.9 Å². The van der Waals surface area contributed by atoms with Gasteiger partial charge in [-0.3, -0.25) is 0 Å². The van der Waals surface area contributed by atoms with E-state index in [0.29, 0.717) is 0 Å². The maximum Gasteiger partial charge on any atom is 0.138 e. The molecule has 1 aliphatic heterocycles. The van der Waals surface area contributed by atoms with Gasteiger partial charge in [0.2, 0.25) is 0 Å². The van der Waals surface area contributed by atoms with Crippen LogP contribution in [0.2, 0.25) is 5.02 Å². The van der Waals surface area contributed by atoms with E-state index in [1.165, 1.54) is 44.5 Å². The molecule has 1 fully saturated rings. The first-order valence-corrected chi connectivity index (χ1v) is 9.02. The van der Waals surface area contributed by atoms with Gasteiger partial charge in [0, 0.05) is 0 Å². The molecule has 3 heteroatoms. The van der Waals surface area contributed by atoms with Crippen molar-refractivity contribution in [3.05, 3.63) is 28.8 Å². The smallest absolute Gasteiger partial charge is 0.138 e. The zero-order valence-corrected chi connectivity index (χ0v) is 15.7. The van der Waals surface area contributed by atoms with Crippen molar-refractivity contribution in [3.8, 4) is 5.75 Å². The standard InChI is InChI=1S/C17H26ClNO.C2H6/c1-17(2,3)20-16-9-8-14(13-15(16)18)7-6-12-19-10-4-5-11-19;1-2/h8-9,13H,4-7,10-12H2,1-3H3;1-2H3. The lowest BCUT2D eigenvalue weighted by atomic mass is 10.1. The van der Waals surface area contributed by atoms with Gasteiger partial charge in [0.1, 0.15) is 11.4 Å². The van der Waals surface area contributed by atoms with E-state index in [1.54, 1.807) is 0 Å². The summed E-state index contributed by atoms with van der Waals surface area (Å²) < 4.78 is 5.83. The number of nitrogens with zero attached hydrogens (tertiary/aromatic N) is 1. The minimum absolute atomic E-state index is 0.207. The van der Waals surface area contributed by atoms with Gasteiger partial charge in [-0.15, -0.1) is 0 Å². The van der Waals surface area contributed by atoms with Crippen LogP contribution in [0, 0.1) is 0 Å². The van der Waals surface area contributed by atoms with E-state index in [0.717, 1.165) is 17.2 Å². The predicted octanol–water partition coefficient (Wildman–Crippen LogP) is 5.57. The highest BCUT2D eigenvalue weighted by Crippen LogP contribution is 2.29. The number of hydrogen-bond acceptors (Lipinski definition) is 2. The van der Waals surface area contributed by atoms with Gasteiger partial charge in [-0.1, -0.05) is 31.5 Å². The molecule has 22 heavy (non-hydrogen) atoms. The van der Waals surface area contributed by atoms with Crippen LogP contribution in [0.25, 0.3) is 0 Å². The number of likely N-dealkylation sites (tertiary alicyclic amines) is 1. The summed E-state index contributed by atoms with van der Waals surface area (Å²) >= 11 is 6.31. The normalized spacial score (nSPS) is 15.4. The summed E-state index contributed by atoms with van der Waals surface area (Å²) in [6.45, 7) is 13.9. The van der Waals surface area contributed by atoms with Gasteiger partial charge in [-0.05, 0) is 83.8 Å². The Morgan fingerprint density at radius 3 is 2.32 bits per heavy atom. The molecule has 2 rings (SSSR count). The molecule has 0 N–H and O–H groups in total. The summed E-state index contributed by atoms with van der Waals surface area (Å²) in [5.41, 5.74) is 1.09. The van der Waals surface area contributed by atoms with Gasteiger partial charge in [-0.25, -0.2) is 0 Å². The molecule has 0 spiro atoms. The lowest BCUT2D eigenvalue weighted by Crippen LogP contribution is -2.23. The number of rotatable bonds is 5. The number of aryl methyl sites for hydroxylation is 1. The third-order valence-electron chi connectivity index (χ3n) is 3.55. The first-order valence-electron chi connectivity index (χ1n) is 8.64. The van der Waals surface area contributed by atoms with Gasteiger partial charge < -0.3 is 9.64 Å². The van der Waals surface area contributed by atoms with Crippen molar-refractivity contribution >= 4 is 11.6 Å². The van der Waals surface area contributed by atoms with Gasteiger partial charge in [0.05, 0.1) is 5.02 Å². The Kier molecular flexibility index (Phi) is 8.27. The maximum absolute atomic E-state index is 6.31. The van der Waals surface area contributed by atoms with Crippen LogP contribution in [0.3, 0.4) is 0 Å². The van der Waals surface area contributed by atoms with Gasteiger partial charge in [0.15, 0.2) is 0 Å². The average Bonchev–Trinajstić information content (AvgIpc) is 2.96. The second kappa shape index (κ2) is 9.42. The molecule has 1 aliphatic rings. The Balaban J connectivity index is 0.00000116. The molecule has 0 aliphatic carbocycles. The fourth-order valence-corrected chi connectivity index (χ4v) is 2.87. The van der Waals surface area contributed by atoms with Crippen LogP contribution in [0.15, 0.2) is 18.2 Å². The van der Waals surface area contributed by atoms with Crippen LogP contribution >= 0.6 is 11.6 Å². The SMILES string of the molecule is CC.CC(C)(C)Oc1ccc(CCCN2CCCC2)cc1Cl. The average molecular weight is 326 g/mol. The van der Waals surface area contributed by atoms with E-state index in [-0.39, 0.29) is 5.60 Å². The van der Waals surface area contributed by atoms with Crippen LogP contribution in [0.4, 0.5) is 0 Å². The molecule has 0 atom stereocenters. The third-order valence-corrected chi connectivity index (χ3v) is 3.85. The zero-order valence-electron chi connectivity index (χ0n) is 14.9. The van der Waals surface area contributed by atoms with Crippen LogP contribution in [-0.2, 0) is 6.42 Å². The summed E-state index contributed by atoms with van der Waals surface area (Å²) in [6, 6.07) is 6.18. The Morgan fingerprint density at radius 1 is 1.14 bits per heavy atom. The topological polar surface area (TPSA) is 12.5 Å². The van der Waals surface area contributed by atoms with E-state index < -0.39 is 0 Å². The maximum atomic E-state index is 6.31. The Bertz CT molecular complexity index is 434. The monoisotopic (exact) mass is 325 g/mol. The zero-order chi connectivity index (χ0) is 16.6. The highest BCUT2D eigenvalue weighted by atomic mass is 35.5. The van der Waals surface area contributed by atoms with E-state index in [4.69, 9.17) is 16.3 Å². The minimum atomic E-state index is -0.207. The van der Waals surface area contributed by atoms with Gasteiger partial charge in [-0.2, -0.15) is 0 Å². The Labute approximate surface area is 141 Å². The highest BCUT2D eigenvalue weighted by Gasteiger charge is 2.14. The number of benzene rings is 1. The van der Waals surface area contributed by atoms with Crippen molar-refractivity contribution in [1.82, 2.24) is 4.90 Å². The van der Waals surface area contributed by atoms with Crippen molar-refractivity contribution < 1.29 is 4.74 Å². The first kappa shape index (κ1) is 19.3. The summed E-state index contributed by atoms with van der Waals surface area (Å²) in [6.07, 6.45) is 5.02. The van der Waals surface area contributed by atoms with Crippen molar-refractivity contribution in [2.24, 2.45) is 0 Å². The highest BCUT2D eigenvalue weighted by molar-refractivity contribution is 6.32. The molecule has 0 amide bonds. The van der Waals surface area contributed by atoms with Crippen LogP contribution in [0.5, 0.6) is 5.75 Å². The molecular formula is C19H32ClNO. The van der Waals surface area contributed by atoms with Crippen LogP contribution in [0.1, 0.15) is 59.4 Å². The van der Waals surface area contributed by atoms with Gasteiger partial charge >= 0.3 is 0 Å². The number of ether oxygens (including phenoxy) is 1. The third kappa shape index (κ3) is 7.02. The summed E-state index contributed by atoms with van der Waals surface area (Å²) in [5, 5.41) is 0.721. The Hall–Kier alpha value is -0.730.